The van der Waals surface area contributed by atoms with Crippen LogP contribution in [-0.2, 0) is 9.47 Å². The molecule has 7 heteroatoms. The van der Waals surface area contributed by atoms with Gasteiger partial charge >= 0.3 is 0 Å². The molecule has 298 valence electrons. The number of unbranched alkanes of at least 4 members (excludes halogenated alkanes) is 3. The molecule has 0 aliphatic heterocycles. The fourth-order valence-corrected chi connectivity index (χ4v) is 6.65. The number of hydrogen-bond acceptors (Lipinski definition) is 7. The van der Waals surface area contributed by atoms with Gasteiger partial charge in [0, 0.05) is 62.1 Å². The van der Waals surface area contributed by atoms with E-state index in [9.17, 15) is 9.59 Å². The second-order valence-electron chi connectivity index (χ2n) is 14.1. The third-order valence-electron chi connectivity index (χ3n) is 10.3. The number of Topliss-reactive ketones (excluding diaryl/α,β-unsaturated/α-hetero) is 2. The molecule has 3 N–H and O–H groups in total. The topological polar surface area (TPSA) is 101 Å². The van der Waals surface area contributed by atoms with Crippen LogP contribution in [-0.4, -0.2) is 63.3 Å². The lowest BCUT2D eigenvalue weighted by atomic mass is 9.77. The smallest absolute Gasteiger partial charge is 0.169 e. The molecule has 4 atom stereocenters. The highest BCUT2D eigenvalue weighted by molar-refractivity contribution is 6.17. The summed E-state index contributed by atoms with van der Waals surface area (Å²) >= 11 is 0. The van der Waals surface area contributed by atoms with Gasteiger partial charge in [-0.05, 0) is 42.7 Å². The minimum absolute atomic E-state index is 0.0350. The van der Waals surface area contributed by atoms with Crippen molar-refractivity contribution >= 4 is 23.5 Å². The fraction of sp³-hybridized carbons (Fsp3) is 0.711. The van der Waals surface area contributed by atoms with Crippen LogP contribution in [0, 0.1) is 29.1 Å². The molecule has 0 saturated heterocycles. The molecule has 0 fully saturated rings. The lowest BCUT2D eigenvalue weighted by Crippen LogP contribution is -2.44. The number of hydrogen-bond donors (Lipinski definition) is 3. The standard InChI is InChI=1S/C34H55N3O4.C9H20.C2H4/c1-5-9-13-26(7-3)24-40-21-19-36-30(17-12-18-35)29-23-32(38)33-28(34(29)39)15-11-16-31(33)37-20-22-41-25-27(8-4)14-10-6-2;1-4-7-8-9(5-2)6-3;1-2/h11-12,15-18,26-27,29-30,35-37H,5-10,13-14,19-25H2,1-4H3;9H,4-8H2,1-3H3;1-2H2/b17-12-,35-18?;;. The summed E-state index contributed by atoms with van der Waals surface area (Å²) in [5.74, 6) is 1.57. The van der Waals surface area contributed by atoms with Gasteiger partial charge in [0.2, 0.25) is 0 Å². The van der Waals surface area contributed by atoms with E-state index in [-0.39, 0.29) is 24.0 Å². The van der Waals surface area contributed by atoms with Crippen LogP contribution < -0.4 is 10.6 Å². The van der Waals surface area contributed by atoms with Gasteiger partial charge in [-0.1, -0.05) is 137 Å². The molecule has 0 bridgehead atoms. The van der Waals surface area contributed by atoms with Crippen molar-refractivity contribution in [2.45, 2.75) is 144 Å². The summed E-state index contributed by atoms with van der Waals surface area (Å²) in [7, 11) is 0. The largest absolute Gasteiger partial charge is 0.382 e. The predicted octanol–water partition coefficient (Wildman–Crippen LogP) is 11.5. The summed E-state index contributed by atoms with van der Waals surface area (Å²) in [6.45, 7) is 25.4. The summed E-state index contributed by atoms with van der Waals surface area (Å²) in [4.78, 5) is 27.0. The first kappa shape index (κ1) is 49.4. The van der Waals surface area contributed by atoms with Crippen molar-refractivity contribution < 1.29 is 19.1 Å². The Balaban J connectivity index is 0.00000205. The number of anilines is 1. The molecule has 2 rings (SSSR count). The predicted molar refractivity (Wildman–Crippen MR) is 225 cm³/mol. The third-order valence-corrected chi connectivity index (χ3v) is 10.3. The molecule has 52 heavy (non-hydrogen) atoms. The molecule has 0 spiro atoms. The molecule has 1 aromatic carbocycles. The van der Waals surface area contributed by atoms with E-state index >= 15 is 0 Å². The van der Waals surface area contributed by atoms with Crippen molar-refractivity contribution in [3.8, 4) is 0 Å². The molecule has 0 aromatic heterocycles. The number of nitrogens with one attached hydrogen (secondary N) is 3. The van der Waals surface area contributed by atoms with E-state index in [4.69, 9.17) is 14.9 Å². The highest BCUT2D eigenvalue weighted by Gasteiger charge is 2.37. The number of ketones is 2. The molecule has 4 unspecified atom stereocenters. The van der Waals surface area contributed by atoms with Gasteiger partial charge in [0.05, 0.1) is 18.8 Å². The number of carbonyl (C=O) groups excluding carboxylic acids is 2. The number of allylic oxidation sites excluding steroid dienone is 1. The molecule has 0 saturated carbocycles. The molecule has 1 aliphatic carbocycles. The van der Waals surface area contributed by atoms with Gasteiger partial charge in [-0.25, -0.2) is 0 Å². The van der Waals surface area contributed by atoms with Crippen LogP contribution >= 0.6 is 0 Å². The first-order valence-electron chi connectivity index (χ1n) is 20.8. The zero-order valence-electron chi connectivity index (χ0n) is 34.5. The Morgan fingerprint density at radius 2 is 1.31 bits per heavy atom. The van der Waals surface area contributed by atoms with Gasteiger partial charge in [-0.2, -0.15) is 0 Å². The molecule has 0 heterocycles. The quantitative estimate of drug-likeness (QED) is 0.0452. The normalized spacial score (nSPS) is 15.7. The van der Waals surface area contributed by atoms with Crippen molar-refractivity contribution in [1.82, 2.24) is 5.32 Å². The van der Waals surface area contributed by atoms with Crippen LogP contribution in [0.5, 0.6) is 0 Å². The number of carbonyl (C=O) groups is 2. The lowest BCUT2D eigenvalue weighted by Gasteiger charge is -2.30. The fourth-order valence-electron chi connectivity index (χ4n) is 6.65. The van der Waals surface area contributed by atoms with Crippen LogP contribution in [0.3, 0.4) is 0 Å². The van der Waals surface area contributed by atoms with Gasteiger partial charge in [-0.3, -0.25) is 9.59 Å². The maximum absolute atomic E-state index is 13.6. The first-order valence-corrected chi connectivity index (χ1v) is 20.8. The number of fused-ring (bicyclic) bond motifs is 1. The van der Waals surface area contributed by atoms with E-state index in [1.165, 1.54) is 76.8 Å². The molecule has 7 nitrogen and oxygen atoms in total. The van der Waals surface area contributed by atoms with Crippen LogP contribution in [0.15, 0.2) is 43.5 Å². The number of benzene rings is 1. The Kier molecular flexibility index (Phi) is 31.3. The minimum Gasteiger partial charge on any atom is -0.382 e. The lowest BCUT2D eigenvalue weighted by molar-refractivity contribution is 0.0783. The van der Waals surface area contributed by atoms with Gasteiger partial charge < -0.3 is 25.5 Å². The van der Waals surface area contributed by atoms with Crippen LogP contribution in [0.2, 0.25) is 0 Å². The zero-order chi connectivity index (χ0) is 39.0. The third kappa shape index (κ3) is 20.0. The Bertz CT molecular complexity index is 1090. The zero-order valence-corrected chi connectivity index (χ0v) is 34.5. The second kappa shape index (κ2) is 33.0. The van der Waals surface area contributed by atoms with Crippen molar-refractivity contribution in [3.05, 3.63) is 54.6 Å². The highest BCUT2D eigenvalue weighted by atomic mass is 16.5. The molecule has 0 amide bonds. The summed E-state index contributed by atoms with van der Waals surface area (Å²) in [6, 6.07) is 5.10. The van der Waals surface area contributed by atoms with E-state index in [1.807, 2.05) is 18.2 Å². The summed E-state index contributed by atoms with van der Waals surface area (Å²) in [5.41, 5.74) is 1.65. The first-order chi connectivity index (χ1) is 25.3. The number of rotatable bonds is 28. The Morgan fingerprint density at radius 3 is 1.81 bits per heavy atom. The van der Waals surface area contributed by atoms with Crippen molar-refractivity contribution in [2.75, 3.05) is 44.8 Å². The van der Waals surface area contributed by atoms with E-state index < -0.39 is 5.92 Å². The Labute approximate surface area is 320 Å². The van der Waals surface area contributed by atoms with E-state index in [0.29, 0.717) is 55.0 Å². The maximum Gasteiger partial charge on any atom is 0.169 e. The van der Waals surface area contributed by atoms with E-state index in [1.54, 1.807) is 12.1 Å². The van der Waals surface area contributed by atoms with Crippen LogP contribution in [0.4, 0.5) is 5.69 Å². The van der Waals surface area contributed by atoms with Gasteiger partial charge in [0.15, 0.2) is 11.6 Å². The summed E-state index contributed by atoms with van der Waals surface area (Å²) < 4.78 is 11.9. The van der Waals surface area contributed by atoms with Crippen LogP contribution in [0.25, 0.3) is 0 Å². The van der Waals surface area contributed by atoms with E-state index in [2.05, 4.69) is 72.3 Å². The SMILES string of the molecule is C=C.CCCCC(CC)CC.CCCCC(CC)COCCNc1cccc2c1C(=O)CC(C(/C=C\C=N)NCCOCC(CC)CCCC)C2=O. The molecule has 1 aromatic rings. The van der Waals surface area contributed by atoms with Gasteiger partial charge in [0.25, 0.3) is 0 Å². The van der Waals surface area contributed by atoms with Crippen molar-refractivity contribution in [1.29, 1.82) is 5.41 Å². The summed E-state index contributed by atoms with van der Waals surface area (Å²) in [6.07, 6.45) is 21.2. The number of ether oxygens (including phenoxy) is 2. The second-order valence-corrected chi connectivity index (χ2v) is 14.1. The van der Waals surface area contributed by atoms with Gasteiger partial charge in [-0.15, -0.1) is 13.2 Å². The van der Waals surface area contributed by atoms with Crippen LogP contribution in [0.1, 0.15) is 159 Å². The van der Waals surface area contributed by atoms with Crippen molar-refractivity contribution in [3.63, 3.8) is 0 Å². The monoisotopic (exact) mass is 726 g/mol. The van der Waals surface area contributed by atoms with Gasteiger partial charge in [0.1, 0.15) is 0 Å². The van der Waals surface area contributed by atoms with Crippen molar-refractivity contribution in [2.24, 2.45) is 23.7 Å². The highest BCUT2D eigenvalue weighted by Crippen LogP contribution is 2.33. The minimum atomic E-state index is -0.521. The average Bonchev–Trinajstić information content (AvgIpc) is 3.18. The average molecular weight is 726 g/mol. The Morgan fingerprint density at radius 1 is 0.788 bits per heavy atom. The van der Waals surface area contributed by atoms with E-state index in [0.717, 1.165) is 32.0 Å². The Hall–Kier alpha value is -2.61. The molecular weight excluding hydrogens is 647 g/mol. The molecule has 1 aliphatic rings. The molecule has 0 radical (unpaired) electrons. The molecular formula is C45H79N3O4. The summed E-state index contributed by atoms with van der Waals surface area (Å²) in [5, 5.41) is 14.2. The maximum atomic E-state index is 13.6.